The first kappa shape index (κ1) is 24.3. The lowest BCUT2D eigenvalue weighted by molar-refractivity contribution is 0.159. The normalized spacial score (nSPS) is 14.9. The Balaban J connectivity index is 2.41. The minimum Gasteiger partial charge on any atom is -0.404 e. The number of allylic oxidation sites excluding steroid dienone is 1. The SMILES string of the molecule is CCOP(=O)(OCC)O/C(=C\C(C)C(F)S(=O)(=O)c1ccccc1)c1ccccc1. The molecule has 6 nitrogen and oxygen atoms in total. The van der Waals surface area contributed by atoms with Gasteiger partial charge in [-0.2, -0.15) is 0 Å². The number of phosphoric acid groups is 1. The van der Waals surface area contributed by atoms with Crippen LogP contribution in [0, 0.1) is 5.92 Å². The Hall–Kier alpha value is -1.99. The Labute approximate surface area is 177 Å². The molecule has 2 unspecified atom stereocenters. The summed E-state index contributed by atoms with van der Waals surface area (Å²) in [5.74, 6) is -1.10. The molecule has 30 heavy (non-hydrogen) atoms. The van der Waals surface area contributed by atoms with E-state index in [9.17, 15) is 13.0 Å². The number of alkyl halides is 1. The standard InChI is InChI=1S/C21H26FO6PS/c1-4-26-29(23,27-5-2)28-20(18-12-8-6-9-13-18)16-17(3)21(22)30(24,25)19-14-10-7-11-15-19/h6-17,21H,4-5H2,1-3H3/b20-16-. The highest BCUT2D eigenvalue weighted by atomic mass is 32.2. The molecule has 0 aliphatic rings. The van der Waals surface area contributed by atoms with Gasteiger partial charge < -0.3 is 4.52 Å². The third-order valence-corrected chi connectivity index (χ3v) is 7.56. The second-order valence-electron chi connectivity index (χ2n) is 6.34. The monoisotopic (exact) mass is 456 g/mol. The highest BCUT2D eigenvalue weighted by molar-refractivity contribution is 7.92. The first-order chi connectivity index (χ1) is 14.2. The summed E-state index contributed by atoms with van der Waals surface area (Å²) in [4.78, 5) is -0.116. The van der Waals surface area contributed by atoms with Crippen molar-refractivity contribution in [2.45, 2.75) is 31.2 Å². The molecular formula is C21H26FO6PS. The van der Waals surface area contributed by atoms with Crippen molar-refractivity contribution in [3.8, 4) is 0 Å². The summed E-state index contributed by atoms with van der Waals surface area (Å²) in [5, 5.41) is 0. The van der Waals surface area contributed by atoms with Gasteiger partial charge in [0, 0.05) is 11.5 Å². The predicted octanol–water partition coefficient (Wildman–Crippen LogP) is 5.63. The van der Waals surface area contributed by atoms with Crippen molar-refractivity contribution >= 4 is 23.4 Å². The van der Waals surface area contributed by atoms with E-state index in [4.69, 9.17) is 13.6 Å². The Morgan fingerprint density at radius 2 is 1.50 bits per heavy atom. The smallest absolute Gasteiger partial charge is 0.404 e. The fourth-order valence-electron chi connectivity index (χ4n) is 2.65. The minimum absolute atomic E-state index is 0.0132. The summed E-state index contributed by atoms with van der Waals surface area (Å²) >= 11 is 0. The maximum Gasteiger partial charge on any atom is 0.530 e. The predicted molar refractivity (Wildman–Crippen MR) is 114 cm³/mol. The Morgan fingerprint density at radius 1 is 1.00 bits per heavy atom. The Bertz CT molecular complexity index is 969. The molecule has 0 aliphatic carbocycles. The van der Waals surface area contributed by atoms with Crippen LogP contribution in [0.1, 0.15) is 26.3 Å². The molecule has 0 saturated heterocycles. The molecule has 9 heteroatoms. The molecule has 164 valence electrons. The quantitative estimate of drug-likeness (QED) is 0.322. The molecule has 0 aromatic heterocycles. The van der Waals surface area contributed by atoms with Crippen molar-refractivity contribution in [3.63, 3.8) is 0 Å². The van der Waals surface area contributed by atoms with Crippen molar-refractivity contribution in [1.82, 2.24) is 0 Å². The van der Waals surface area contributed by atoms with E-state index >= 15 is 4.39 Å². The Kier molecular flexibility index (Phi) is 8.79. The zero-order valence-electron chi connectivity index (χ0n) is 17.1. The largest absolute Gasteiger partial charge is 0.530 e. The van der Waals surface area contributed by atoms with Crippen LogP contribution in [0.5, 0.6) is 0 Å². The van der Waals surface area contributed by atoms with Gasteiger partial charge >= 0.3 is 7.82 Å². The molecule has 0 spiro atoms. The molecule has 0 amide bonds. The number of hydrogen-bond acceptors (Lipinski definition) is 6. The summed E-state index contributed by atoms with van der Waals surface area (Å²) in [6, 6.07) is 15.9. The maximum absolute atomic E-state index is 15.0. The number of sulfone groups is 1. The zero-order valence-corrected chi connectivity index (χ0v) is 18.8. The van der Waals surface area contributed by atoms with Gasteiger partial charge in [-0.1, -0.05) is 55.5 Å². The van der Waals surface area contributed by atoms with Crippen LogP contribution in [0.15, 0.2) is 71.6 Å². The first-order valence-corrected chi connectivity index (χ1v) is 12.5. The van der Waals surface area contributed by atoms with Crippen LogP contribution in [0.2, 0.25) is 0 Å². The van der Waals surface area contributed by atoms with Gasteiger partial charge in [-0.05, 0) is 32.1 Å². The number of rotatable bonds is 11. The van der Waals surface area contributed by atoms with Gasteiger partial charge in [-0.3, -0.25) is 9.05 Å². The van der Waals surface area contributed by atoms with Crippen molar-refractivity contribution < 1.29 is 30.9 Å². The van der Waals surface area contributed by atoms with Gasteiger partial charge in [0.15, 0.2) is 0 Å². The molecule has 0 N–H and O–H groups in total. The molecule has 0 fully saturated rings. The highest BCUT2D eigenvalue weighted by Crippen LogP contribution is 2.53. The van der Waals surface area contributed by atoms with Crippen LogP contribution in [0.4, 0.5) is 4.39 Å². The highest BCUT2D eigenvalue weighted by Gasteiger charge is 2.34. The van der Waals surface area contributed by atoms with E-state index in [0.717, 1.165) is 0 Å². The molecule has 2 aromatic carbocycles. The molecule has 2 rings (SSSR count). The third kappa shape index (κ3) is 6.25. The molecule has 0 saturated carbocycles. The van der Waals surface area contributed by atoms with E-state index in [0.29, 0.717) is 5.56 Å². The fraction of sp³-hybridized carbons (Fsp3) is 0.333. The summed E-state index contributed by atoms with van der Waals surface area (Å²) in [6.45, 7) is 4.82. The molecular weight excluding hydrogens is 430 g/mol. The van der Waals surface area contributed by atoms with E-state index in [-0.39, 0.29) is 23.9 Å². The van der Waals surface area contributed by atoms with E-state index in [1.54, 1.807) is 50.2 Å². The van der Waals surface area contributed by atoms with Crippen LogP contribution in [-0.2, 0) is 28.0 Å². The first-order valence-electron chi connectivity index (χ1n) is 9.52. The van der Waals surface area contributed by atoms with Crippen LogP contribution in [0.25, 0.3) is 5.76 Å². The van der Waals surface area contributed by atoms with E-state index in [1.165, 1.54) is 37.3 Å². The lowest BCUT2D eigenvalue weighted by atomic mass is 10.1. The van der Waals surface area contributed by atoms with Crippen molar-refractivity contribution in [2.24, 2.45) is 5.92 Å². The number of phosphoric ester groups is 1. The van der Waals surface area contributed by atoms with Gasteiger partial charge in [-0.15, -0.1) is 0 Å². The van der Waals surface area contributed by atoms with Gasteiger partial charge in [0.2, 0.25) is 15.3 Å². The molecule has 2 aromatic rings. The van der Waals surface area contributed by atoms with E-state index in [1.807, 2.05) is 0 Å². The average Bonchev–Trinajstić information content (AvgIpc) is 2.74. The lowest BCUT2D eigenvalue weighted by Gasteiger charge is -2.21. The number of hydrogen-bond donors (Lipinski definition) is 0. The second kappa shape index (κ2) is 10.9. The average molecular weight is 456 g/mol. The third-order valence-electron chi connectivity index (χ3n) is 4.04. The molecule has 0 aliphatic heterocycles. The minimum atomic E-state index is -4.23. The van der Waals surface area contributed by atoms with Gasteiger partial charge in [0.25, 0.3) is 0 Å². The second-order valence-corrected chi connectivity index (χ2v) is 9.94. The lowest BCUT2D eigenvalue weighted by Crippen LogP contribution is -2.23. The molecule has 0 heterocycles. The van der Waals surface area contributed by atoms with Crippen molar-refractivity contribution in [2.75, 3.05) is 13.2 Å². The molecule has 2 atom stereocenters. The van der Waals surface area contributed by atoms with Crippen LogP contribution in [0.3, 0.4) is 0 Å². The van der Waals surface area contributed by atoms with E-state index < -0.39 is 29.1 Å². The molecule has 0 bridgehead atoms. The maximum atomic E-state index is 15.0. The van der Waals surface area contributed by atoms with Gasteiger partial charge in [0.1, 0.15) is 5.76 Å². The van der Waals surface area contributed by atoms with Crippen molar-refractivity contribution in [3.05, 3.63) is 72.3 Å². The summed E-state index contributed by atoms with van der Waals surface area (Å²) in [5.41, 5.74) is -1.76. The van der Waals surface area contributed by atoms with Crippen LogP contribution in [-0.4, -0.2) is 27.1 Å². The summed E-state index contributed by atoms with van der Waals surface area (Å²) < 4.78 is 69.0. The number of benzene rings is 2. The van der Waals surface area contributed by atoms with Gasteiger partial charge in [0.05, 0.1) is 18.1 Å². The Morgan fingerprint density at radius 3 is 2.00 bits per heavy atom. The topological polar surface area (TPSA) is 78.9 Å². The van der Waals surface area contributed by atoms with Crippen LogP contribution < -0.4 is 0 Å². The summed E-state index contributed by atoms with van der Waals surface area (Å²) in [7, 11) is -8.19. The fourth-order valence-corrected chi connectivity index (χ4v) is 5.31. The molecule has 0 radical (unpaired) electrons. The number of halogens is 1. The van der Waals surface area contributed by atoms with Crippen LogP contribution >= 0.6 is 7.82 Å². The van der Waals surface area contributed by atoms with E-state index in [2.05, 4.69) is 0 Å². The van der Waals surface area contributed by atoms with Crippen molar-refractivity contribution in [1.29, 1.82) is 0 Å². The summed E-state index contributed by atoms with van der Waals surface area (Å²) in [6.07, 6.45) is 1.28. The van der Waals surface area contributed by atoms with Gasteiger partial charge in [-0.25, -0.2) is 17.4 Å². The zero-order chi connectivity index (χ0) is 22.2.